The first-order valence-corrected chi connectivity index (χ1v) is 13.2. The van der Waals surface area contributed by atoms with Gasteiger partial charge >= 0.3 is 0 Å². The quantitative estimate of drug-likeness (QED) is 0.421. The van der Waals surface area contributed by atoms with E-state index in [2.05, 4.69) is 21.4 Å². The lowest BCUT2D eigenvalue weighted by molar-refractivity contribution is -0.126. The van der Waals surface area contributed by atoms with E-state index < -0.39 is 6.04 Å². The molecule has 37 heavy (non-hydrogen) atoms. The van der Waals surface area contributed by atoms with Crippen LogP contribution in [0.4, 0.5) is 0 Å². The maximum atomic E-state index is 13.9. The average Bonchev–Trinajstić information content (AvgIpc) is 2.92. The summed E-state index contributed by atoms with van der Waals surface area (Å²) in [7, 11) is 0. The molecule has 1 atom stereocenters. The lowest BCUT2D eigenvalue weighted by Crippen LogP contribution is -2.47. The van der Waals surface area contributed by atoms with Crippen LogP contribution in [-0.4, -0.2) is 45.9 Å². The Labute approximate surface area is 219 Å². The number of aryl methyl sites for hydroxylation is 1. The second kappa shape index (κ2) is 13.0. The van der Waals surface area contributed by atoms with E-state index in [1.807, 2.05) is 56.3 Å². The first-order chi connectivity index (χ1) is 18.0. The number of nitrogens with zero attached hydrogens (tertiary/aromatic N) is 3. The maximum absolute atomic E-state index is 13.9. The van der Waals surface area contributed by atoms with E-state index in [0.717, 1.165) is 48.1 Å². The van der Waals surface area contributed by atoms with E-state index in [0.29, 0.717) is 19.6 Å². The minimum atomic E-state index is -0.808. The topological polar surface area (TPSA) is 84.4 Å². The maximum Gasteiger partial charge on any atom is 0.275 e. The van der Waals surface area contributed by atoms with Crippen LogP contribution in [-0.2, 0) is 11.2 Å². The minimum absolute atomic E-state index is 0.122. The molecule has 1 aliphatic carbocycles. The smallest absolute Gasteiger partial charge is 0.275 e. The Morgan fingerprint density at radius 2 is 1.86 bits per heavy atom. The van der Waals surface area contributed by atoms with Crippen LogP contribution in [0.3, 0.4) is 0 Å². The molecule has 0 bridgehead atoms. The third kappa shape index (κ3) is 7.15. The molecule has 7 nitrogen and oxygen atoms in total. The van der Waals surface area contributed by atoms with Crippen molar-refractivity contribution >= 4 is 11.8 Å². The van der Waals surface area contributed by atoms with Gasteiger partial charge in [0.1, 0.15) is 17.5 Å². The van der Waals surface area contributed by atoms with Crippen LogP contribution in [0.5, 0.6) is 5.75 Å². The van der Waals surface area contributed by atoms with Crippen molar-refractivity contribution in [3.63, 3.8) is 0 Å². The number of ether oxygens (including phenoxy) is 1. The highest BCUT2D eigenvalue weighted by Gasteiger charge is 2.34. The van der Waals surface area contributed by atoms with Crippen molar-refractivity contribution in [3.05, 3.63) is 89.5 Å². The first-order valence-electron chi connectivity index (χ1n) is 13.2. The second-order valence-corrected chi connectivity index (χ2v) is 9.58. The van der Waals surface area contributed by atoms with Crippen molar-refractivity contribution in [2.24, 2.45) is 0 Å². The van der Waals surface area contributed by atoms with Gasteiger partial charge in [-0.1, -0.05) is 61.2 Å². The molecule has 4 rings (SSSR count). The Balaban J connectivity index is 1.69. The summed E-state index contributed by atoms with van der Waals surface area (Å²) in [6, 6.07) is 15.0. The lowest BCUT2D eigenvalue weighted by Gasteiger charge is -2.33. The number of rotatable bonds is 10. The zero-order valence-electron chi connectivity index (χ0n) is 21.7. The van der Waals surface area contributed by atoms with E-state index in [-0.39, 0.29) is 23.6 Å². The first kappa shape index (κ1) is 26.3. The fourth-order valence-electron chi connectivity index (χ4n) is 4.93. The zero-order valence-corrected chi connectivity index (χ0v) is 21.7. The molecular weight excluding hydrogens is 464 g/mol. The Morgan fingerprint density at radius 3 is 2.54 bits per heavy atom. The van der Waals surface area contributed by atoms with Gasteiger partial charge in [-0.25, -0.2) is 4.98 Å². The molecule has 1 N–H and O–H groups in total. The van der Waals surface area contributed by atoms with Gasteiger partial charge in [0, 0.05) is 25.0 Å². The Kier molecular flexibility index (Phi) is 9.24. The molecule has 0 saturated heterocycles. The van der Waals surface area contributed by atoms with E-state index >= 15 is 0 Å². The molecule has 1 fully saturated rings. The van der Waals surface area contributed by atoms with Gasteiger partial charge in [-0.05, 0) is 56.4 Å². The van der Waals surface area contributed by atoms with E-state index in [4.69, 9.17) is 4.74 Å². The number of amides is 2. The molecular formula is C30H36N4O3. The molecule has 0 radical (unpaired) electrons. The fourth-order valence-corrected chi connectivity index (χ4v) is 4.93. The van der Waals surface area contributed by atoms with Gasteiger partial charge in [0.05, 0.1) is 12.8 Å². The summed E-state index contributed by atoms with van der Waals surface area (Å²) in [6.07, 6.45) is 10.4. The predicted octanol–water partition coefficient (Wildman–Crippen LogP) is 5.06. The van der Waals surface area contributed by atoms with Gasteiger partial charge in [-0.15, -0.1) is 0 Å². The molecule has 1 aromatic heterocycles. The lowest BCUT2D eigenvalue weighted by atomic mass is 9.94. The summed E-state index contributed by atoms with van der Waals surface area (Å²) >= 11 is 0. The van der Waals surface area contributed by atoms with Crippen LogP contribution in [0.25, 0.3) is 0 Å². The van der Waals surface area contributed by atoms with Gasteiger partial charge < -0.3 is 15.0 Å². The number of carbonyl (C=O) groups excluding carboxylic acids is 2. The van der Waals surface area contributed by atoms with Crippen molar-refractivity contribution in [1.82, 2.24) is 20.2 Å². The van der Waals surface area contributed by atoms with Gasteiger partial charge in [0.25, 0.3) is 5.91 Å². The van der Waals surface area contributed by atoms with Gasteiger partial charge in [-0.2, -0.15) is 0 Å². The van der Waals surface area contributed by atoms with Gasteiger partial charge in [-0.3, -0.25) is 14.6 Å². The standard InChI is InChI=1S/C30H36N4O3/c1-3-37-26-14-12-24(13-15-26)28(29(35)33-25-10-5-4-6-11-25)34(30(36)27-21-31-17-18-32-27)19-16-23-9-7-8-22(2)20-23/h7-9,12-15,17-18,20-21,25,28H,3-6,10-11,16,19H2,1-2H3,(H,33,35). The van der Waals surface area contributed by atoms with Crippen LogP contribution >= 0.6 is 0 Å². The molecule has 3 aromatic rings. The molecule has 2 aromatic carbocycles. The molecule has 1 aliphatic rings. The predicted molar refractivity (Wildman–Crippen MR) is 143 cm³/mol. The molecule has 2 amide bonds. The fraction of sp³-hybridized carbons (Fsp3) is 0.400. The largest absolute Gasteiger partial charge is 0.494 e. The summed E-state index contributed by atoms with van der Waals surface area (Å²) in [4.78, 5) is 37.7. The van der Waals surface area contributed by atoms with E-state index in [9.17, 15) is 9.59 Å². The van der Waals surface area contributed by atoms with Crippen molar-refractivity contribution in [3.8, 4) is 5.75 Å². The SMILES string of the molecule is CCOc1ccc(C(C(=O)NC2CCCCC2)N(CCc2cccc(C)c2)C(=O)c2cnccn2)cc1. The van der Waals surface area contributed by atoms with Crippen molar-refractivity contribution in [2.45, 2.75) is 64.5 Å². The highest BCUT2D eigenvalue weighted by molar-refractivity contribution is 5.96. The average molecular weight is 501 g/mol. The van der Waals surface area contributed by atoms with Crippen molar-refractivity contribution in [1.29, 1.82) is 0 Å². The number of hydrogen-bond donors (Lipinski definition) is 1. The number of nitrogens with one attached hydrogen (secondary N) is 1. The Hall–Kier alpha value is -3.74. The van der Waals surface area contributed by atoms with Crippen LogP contribution in [0.15, 0.2) is 67.1 Å². The van der Waals surface area contributed by atoms with Gasteiger partial charge in [0.15, 0.2) is 0 Å². The molecule has 0 spiro atoms. The zero-order chi connectivity index (χ0) is 26.0. The summed E-state index contributed by atoms with van der Waals surface area (Å²) in [5, 5.41) is 3.25. The minimum Gasteiger partial charge on any atom is -0.494 e. The number of benzene rings is 2. The molecule has 1 unspecified atom stereocenters. The van der Waals surface area contributed by atoms with Gasteiger partial charge in [0.2, 0.25) is 5.91 Å². The monoisotopic (exact) mass is 500 g/mol. The second-order valence-electron chi connectivity index (χ2n) is 9.58. The van der Waals surface area contributed by atoms with Crippen molar-refractivity contribution < 1.29 is 14.3 Å². The summed E-state index contributed by atoms with van der Waals surface area (Å²) in [5.74, 6) is 0.236. The van der Waals surface area contributed by atoms with Crippen molar-refractivity contribution in [2.75, 3.05) is 13.2 Å². The summed E-state index contributed by atoms with van der Waals surface area (Å²) in [6.45, 7) is 4.89. The molecule has 1 saturated carbocycles. The number of carbonyl (C=O) groups is 2. The van der Waals surface area contributed by atoms with Crippen LogP contribution < -0.4 is 10.1 Å². The normalized spacial score (nSPS) is 14.5. The summed E-state index contributed by atoms with van der Waals surface area (Å²) in [5.41, 5.74) is 3.21. The van der Waals surface area contributed by atoms with E-state index in [1.165, 1.54) is 25.0 Å². The third-order valence-corrected chi connectivity index (χ3v) is 6.79. The van der Waals surface area contributed by atoms with Crippen LogP contribution in [0.2, 0.25) is 0 Å². The van der Waals surface area contributed by atoms with E-state index in [1.54, 1.807) is 4.90 Å². The molecule has 0 aliphatic heterocycles. The molecule has 194 valence electrons. The van der Waals surface area contributed by atoms with Crippen LogP contribution in [0.1, 0.15) is 72.2 Å². The number of hydrogen-bond acceptors (Lipinski definition) is 5. The highest BCUT2D eigenvalue weighted by Crippen LogP contribution is 2.27. The Bertz CT molecular complexity index is 1160. The third-order valence-electron chi connectivity index (χ3n) is 6.79. The summed E-state index contributed by atoms with van der Waals surface area (Å²) < 4.78 is 5.62. The molecule has 7 heteroatoms. The molecule has 1 heterocycles. The number of aromatic nitrogens is 2. The Morgan fingerprint density at radius 1 is 1.08 bits per heavy atom. The van der Waals surface area contributed by atoms with Crippen LogP contribution in [0, 0.1) is 6.92 Å². The highest BCUT2D eigenvalue weighted by atomic mass is 16.5.